The maximum atomic E-state index is 12.6. The average Bonchev–Trinajstić information content (AvgIpc) is 2.79. The molecule has 0 aliphatic rings. The maximum absolute atomic E-state index is 12.6. The van der Waals surface area contributed by atoms with E-state index >= 15 is 0 Å². The summed E-state index contributed by atoms with van der Waals surface area (Å²) in [5.74, 6) is 0.779. The van der Waals surface area contributed by atoms with Crippen molar-refractivity contribution in [2.45, 2.75) is 13.5 Å². The summed E-state index contributed by atoms with van der Waals surface area (Å²) in [6, 6.07) is 23.5. The monoisotopic (exact) mass is 432 g/mol. The third-order valence-electron chi connectivity index (χ3n) is 4.31. The summed E-state index contributed by atoms with van der Waals surface area (Å²) in [5, 5.41) is 12.9. The average molecular weight is 433 g/mol. The highest BCUT2D eigenvalue weighted by molar-refractivity contribution is 6.30. The number of benzene rings is 3. The number of carbonyl (C=O) groups excluding carboxylic acids is 1. The van der Waals surface area contributed by atoms with Crippen LogP contribution in [0.2, 0.25) is 5.02 Å². The van der Waals surface area contributed by atoms with Gasteiger partial charge < -0.3 is 14.8 Å². The Morgan fingerprint density at radius 2 is 1.74 bits per heavy atom. The predicted octanol–water partition coefficient (Wildman–Crippen LogP) is 5.86. The van der Waals surface area contributed by atoms with Crippen molar-refractivity contribution >= 4 is 29.3 Å². The number of nitrogens with one attached hydrogen (secondary N) is 1. The topological polar surface area (TPSA) is 71.3 Å². The Bertz CT molecular complexity index is 1100. The minimum absolute atomic E-state index is 0.0311. The number of hydrogen-bond donors (Lipinski definition) is 1. The molecule has 3 rings (SSSR count). The molecule has 0 fully saturated rings. The molecule has 0 atom stereocenters. The molecule has 3 aromatic carbocycles. The number of anilines is 1. The standard InChI is InChI=1S/C25H21ClN2O3/c1-2-30-23-13-11-22(12-14-23)28-25(29)20(16-27)15-19-5-3-4-6-24(19)31-17-18-7-9-21(26)10-8-18/h3-15H,2,17H2,1H3,(H,28,29)/b20-15+. The Kier molecular flexibility index (Phi) is 7.69. The van der Waals surface area contributed by atoms with E-state index in [0.717, 1.165) is 5.56 Å². The molecule has 0 heterocycles. The highest BCUT2D eigenvalue weighted by Crippen LogP contribution is 2.23. The third kappa shape index (κ3) is 6.36. The Hall–Kier alpha value is -3.75. The van der Waals surface area contributed by atoms with Crippen molar-refractivity contribution in [1.82, 2.24) is 0 Å². The van der Waals surface area contributed by atoms with Crippen molar-refractivity contribution in [2.24, 2.45) is 0 Å². The van der Waals surface area contributed by atoms with Gasteiger partial charge in [-0.25, -0.2) is 0 Å². The summed E-state index contributed by atoms with van der Waals surface area (Å²) < 4.78 is 11.3. The highest BCUT2D eigenvalue weighted by Gasteiger charge is 2.11. The number of nitrogens with zero attached hydrogens (tertiary/aromatic N) is 1. The van der Waals surface area contributed by atoms with E-state index in [2.05, 4.69) is 5.32 Å². The molecule has 0 saturated heterocycles. The summed E-state index contributed by atoms with van der Waals surface area (Å²) in [6.07, 6.45) is 1.51. The fourth-order valence-electron chi connectivity index (χ4n) is 2.78. The molecule has 31 heavy (non-hydrogen) atoms. The van der Waals surface area contributed by atoms with Crippen molar-refractivity contribution in [2.75, 3.05) is 11.9 Å². The van der Waals surface area contributed by atoms with Gasteiger partial charge in [0, 0.05) is 16.3 Å². The number of hydrogen-bond acceptors (Lipinski definition) is 4. The van der Waals surface area contributed by atoms with E-state index in [9.17, 15) is 10.1 Å². The van der Waals surface area contributed by atoms with E-state index in [1.54, 1.807) is 48.5 Å². The predicted molar refractivity (Wildman–Crippen MR) is 122 cm³/mol. The molecule has 1 N–H and O–H groups in total. The Labute approximate surface area is 186 Å². The summed E-state index contributed by atoms with van der Waals surface area (Å²) >= 11 is 5.91. The van der Waals surface area contributed by atoms with Crippen LogP contribution in [0.5, 0.6) is 11.5 Å². The Morgan fingerprint density at radius 1 is 1.03 bits per heavy atom. The molecule has 0 saturated carbocycles. The van der Waals surface area contributed by atoms with Crippen LogP contribution >= 0.6 is 11.6 Å². The summed E-state index contributed by atoms with van der Waals surface area (Å²) in [5.41, 5.74) is 2.13. The first-order valence-corrected chi connectivity index (χ1v) is 10.1. The zero-order chi connectivity index (χ0) is 22.1. The lowest BCUT2D eigenvalue weighted by Crippen LogP contribution is -2.13. The van der Waals surface area contributed by atoms with Crippen LogP contribution < -0.4 is 14.8 Å². The van der Waals surface area contributed by atoms with Gasteiger partial charge in [0.2, 0.25) is 0 Å². The van der Waals surface area contributed by atoms with Crippen molar-refractivity contribution in [3.8, 4) is 17.6 Å². The first-order valence-electron chi connectivity index (χ1n) is 9.71. The van der Waals surface area contributed by atoms with E-state index in [4.69, 9.17) is 21.1 Å². The first kappa shape index (κ1) is 21.9. The molecule has 0 aliphatic heterocycles. The quantitative estimate of drug-likeness (QED) is 0.357. The molecular formula is C25H21ClN2O3. The van der Waals surface area contributed by atoms with Crippen molar-refractivity contribution in [1.29, 1.82) is 5.26 Å². The van der Waals surface area contributed by atoms with Gasteiger partial charge in [0.1, 0.15) is 29.7 Å². The Balaban J connectivity index is 1.73. The summed E-state index contributed by atoms with van der Waals surface area (Å²) in [7, 11) is 0. The van der Waals surface area contributed by atoms with Gasteiger partial charge in [-0.05, 0) is 61.0 Å². The number of rotatable bonds is 8. The van der Waals surface area contributed by atoms with Crippen LogP contribution in [0.15, 0.2) is 78.4 Å². The smallest absolute Gasteiger partial charge is 0.266 e. The second-order valence-corrected chi connectivity index (χ2v) is 6.97. The van der Waals surface area contributed by atoms with E-state index in [1.165, 1.54) is 6.08 Å². The van der Waals surface area contributed by atoms with Gasteiger partial charge in [-0.2, -0.15) is 5.26 Å². The van der Waals surface area contributed by atoms with Crippen molar-refractivity contribution in [3.63, 3.8) is 0 Å². The number of carbonyl (C=O) groups is 1. The number of nitriles is 1. The molecular weight excluding hydrogens is 412 g/mol. The van der Waals surface area contributed by atoms with Gasteiger partial charge in [0.05, 0.1) is 6.61 Å². The first-order chi connectivity index (χ1) is 15.1. The van der Waals surface area contributed by atoms with E-state index in [1.807, 2.05) is 37.3 Å². The molecule has 0 spiro atoms. The van der Waals surface area contributed by atoms with E-state index < -0.39 is 5.91 Å². The Morgan fingerprint density at radius 3 is 2.42 bits per heavy atom. The van der Waals surface area contributed by atoms with Gasteiger partial charge in [0.25, 0.3) is 5.91 Å². The summed E-state index contributed by atoms with van der Waals surface area (Å²) in [6.45, 7) is 2.80. The van der Waals surface area contributed by atoms with Crippen LogP contribution in [0, 0.1) is 11.3 Å². The normalized spacial score (nSPS) is 10.8. The molecule has 0 bridgehead atoms. The van der Waals surface area contributed by atoms with Crippen LogP contribution in [0.4, 0.5) is 5.69 Å². The van der Waals surface area contributed by atoms with Crippen LogP contribution in [0.3, 0.4) is 0 Å². The van der Waals surface area contributed by atoms with Crippen LogP contribution in [-0.4, -0.2) is 12.5 Å². The second kappa shape index (κ2) is 10.9. The van der Waals surface area contributed by atoms with Crippen LogP contribution in [0.25, 0.3) is 6.08 Å². The minimum Gasteiger partial charge on any atom is -0.494 e. The molecule has 0 aromatic heterocycles. The van der Waals surface area contributed by atoms with Crippen LogP contribution in [-0.2, 0) is 11.4 Å². The lowest BCUT2D eigenvalue weighted by molar-refractivity contribution is -0.112. The van der Waals surface area contributed by atoms with Gasteiger partial charge in [0.15, 0.2) is 0 Å². The zero-order valence-electron chi connectivity index (χ0n) is 17.0. The molecule has 1 amide bonds. The molecule has 0 unspecified atom stereocenters. The molecule has 5 nitrogen and oxygen atoms in total. The number of para-hydroxylation sites is 1. The van der Waals surface area contributed by atoms with Crippen molar-refractivity contribution in [3.05, 3.63) is 94.5 Å². The van der Waals surface area contributed by atoms with E-state index in [-0.39, 0.29) is 5.57 Å². The van der Waals surface area contributed by atoms with Crippen LogP contribution in [0.1, 0.15) is 18.1 Å². The minimum atomic E-state index is -0.501. The molecule has 156 valence electrons. The SMILES string of the molecule is CCOc1ccc(NC(=O)/C(C#N)=C/c2ccccc2OCc2ccc(Cl)cc2)cc1. The molecule has 0 radical (unpaired) electrons. The lowest BCUT2D eigenvalue weighted by atomic mass is 10.1. The number of halogens is 1. The molecule has 0 aliphatic carbocycles. The van der Waals surface area contributed by atoms with Gasteiger partial charge in [-0.15, -0.1) is 0 Å². The van der Waals surface area contributed by atoms with Gasteiger partial charge >= 0.3 is 0 Å². The molecule has 6 heteroatoms. The fraction of sp³-hybridized carbons (Fsp3) is 0.120. The van der Waals surface area contributed by atoms with Gasteiger partial charge in [-0.1, -0.05) is 41.9 Å². The largest absolute Gasteiger partial charge is 0.494 e. The zero-order valence-corrected chi connectivity index (χ0v) is 17.7. The third-order valence-corrected chi connectivity index (χ3v) is 4.57. The summed E-state index contributed by atoms with van der Waals surface area (Å²) in [4.78, 5) is 12.6. The lowest BCUT2D eigenvalue weighted by Gasteiger charge is -2.10. The van der Waals surface area contributed by atoms with Gasteiger partial charge in [-0.3, -0.25) is 4.79 Å². The fourth-order valence-corrected chi connectivity index (χ4v) is 2.90. The van der Waals surface area contributed by atoms with E-state index in [0.29, 0.717) is 41.0 Å². The molecule has 3 aromatic rings. The number of amides is 1. The second-order valence-electron chi connectivity index (χ2n) is 6.53. The highest BCUT2D eigenvalue weighted by atomic mass is 35.5. The maximum Gasteiger partial charge on any atom is 0.266 e. The van der Waals surface area contributed by atoms with Crippen molar-refractivity contribution < 1.29 is 14.3 Å². The number of ether oxygens (including phenoxy) is 2.